The third-order valence-corrected chi connectivity index (χ3v) is 4.72. The van der Waals surface area contributed by atoms with E-state index in [0.29, 0.717) is 11.4 Å². The van der Waals surface area contributed by atoms with Crippen molar-refractivity contribution in [2.24, 2.45) is 0 Å². The van der Waals surface area contributed by atoms with E-state index in [1.807, 2.05) is 13.8 Å². The molecule has 0 aliphatic rings. The fourth-order valence-electron chi connectivity index (χ4n) is 2.04. The fourth-order valence-corrected chi connectivity index (χ4v) is 3.04. The van der Waals surface area contributed by atoms with E-state index in [1.54, 1.807) is 25.2 Å². The zero-order valence-electron chi connectivity index (χ0n) is 14.6. The van der Waals surface area contributed by atoms with Crippen LogP contribution in [0.3, 0.4) is 0 Å². The van der Waals surface area contributed by atoms with Crippen molar-refractivity contribution in [1.82, 2.24) is 4.98 Å². The van der Waals surface area contributed by atoms with Gasteiger partial charge in [0.15, 0.2) is 0 Å². The largest absolute Gasteiger partial charge is 0.491 e. The molecule has 0 radical (unpaired) electrons. The van der Waals surface area contributed by atoms with Crippen molar-refractivity contribution in [3.05, 3.63) is 42.6 Å². The number of rotatable bonds is 6. The molecule has 0 spiro atoms. The van der Waals surface area contributed by atoms with E-state index in [-0.39, 0.29) is 22.7 Å². The molecule has 134 valence electrons. The van der Waals surface area contributed by atoms with Gasteiger partial charge in [0.1, 0.15) is 11.6 Å². The van der Waals surface area contributed by atoms with E-state index in [2.05, 4.69) is 9.71 Å². The minimum Gasteiger partial charge on any atom is -0.491 e. The zero-order valence-corrected chi connectivity index (χ0v) is 15.4. The maximum absolute atomic E-state index is 12.5. The Labute approximate surface area is 147 Å². The molecule has 0 aliphatic carbocycles. The van der Waals surface area contributed by atoms with Crippen molar-refractivity contribution in [2.75, 3.05) is 16.7 Å². The molecule has 0 saturated carbocycles. The molecule has 1 aromatic carbocycles. The standard InChI is InChI=1S/C17H21N3O4S/c1-12(2)24-15-9-10-18-17(11-15)19-25(22,23)16-7-5-14(6-8-16)20(4)13(3)21/h5-12H,1-4H3,(H,18,19). The summed E-state index contributed by atoms with van der Waals surface area (Å²) in [6, 6.07) is 9.19. The van der Waals surface area contributed by atoms with Crippen molar-refractivity contribution in [3.63, 3.8) is 0 Å². The summed E-state index contributed by atoms with van der Waals surface area (Å²) in [5.74, 6) is 0.559. The Balaban J connectivity index is 2.20. The lowest BCUT2D eigenvalue weighted by Crippen LogP contribution is -2.22. The second kappa shape index (κ2) is 7.52. The Kier molecular flexibility index (Phi) is 5.63. The summed E-state index contributed by atoms with van der Waals surface area (Å²) in [6.45, 7) is 5.19. The molecule has 0 atom stereocenters. The van der Waals surface area contributed by atoms with Gasteiger partial charge in [0.25, 0.3) is 10.0 Å². The van der Waals surface area contributed by atoms with Crippen LogP contribution in [-0.2, 0) is 14.8 Å². The first kappa shape index (κ1) is 18.7. The molecule has 0 saturated heterocycles. The highest BCUT2D eigenvalue weighted by atomic mass is 32.2. The Hall–Kier alpha value is -2.61. The van der Waals surface area contributed by atoms with Gasteiger partial charge in [0.05, 0.1) is 11.0 Å². The molecule has 0 aliphatic heterocycles. The highest BCUT2D eigenvalue weighted by Crippen LogP contribution is 2.21. The summed E-state index contributed by atoms with van der Waals surface area (Å²) >= 11 is 0. The molecule has 2 rings (SSSR count). The van der Waals surface area contributed by atoms with Gasteiger partial charge in [-0.15, -0.1) is 0 Å². The lowest BCUT2D eigenvalue weighted by Gasteiger charge is -2.15. The second-order valence-corrected chi connectivity index (χ2v) is 7.40. The first-order chi connectivity index (χ1) is 11.7. The van der Waals surface area contributed by atoms with Gasteiger partial charge >= 0.3 is 0 Å². The Bertz CT molecular complexity index is 848. The smallest absolute Gasteiger partial charge is 0.263 e. The first-order valence-corrected chi connectivity index (χ1v) is 9.17. The molecule has 0 bridgehead atoms. The predicted molar refractivity (Wildman–Crippen MR) is 96.3 cm³/mol. The highest BCUT2D eigenvalue weighted by Gasteiger charge is 2.16. The highest BCUT2D eigenvalue weighted by molar-refractivity contribution is 7.92. The number of ether oxygens (including phenoxy) is 1. The van der Waals surface area contributed by atoms with Crippen LogP contribution >= 0.6 is 0 Å². The zero-order chi connectivity index (χ0) is 18.6. The fraction of sp³-hybridized carbons (Fsp3) is 0.294. The molecule has 1 amide bonds. The lowest BCUT2D eigenvalue weighted by molar-refractivity contribution is -0.116. The summed E-state index contributed by atoms with van der Waals surface area (Å²) < 4.78 is 32.9. The number of benzene rings is 1. The van der Waals surface area contributed by atoms with E-state index >= 15 is 0 Å². The van der Waals surface area contributed by atoms with Crippen LogP contribution in [0, 0.1) is 0 Å². The Morgan fingerprint density at radius 3 is 2.40 bits per heavy atom. The summed E-state index contributed by atoms with van der Waals surface area (Å²) in [4.78, 5) is 16.9. The number of hydrogen-bond donors (Lipinski definition) is 1. The molecule has 2 aromatic rings. The van der Waals surface area contributed by atoms with Crippen LogP contribution in [0.5, 0.6) is 5.75 Å². The van der Waals surface area contributed by atoms with E-state index < -0.39 is 10.0 Å². The number of nitrogens with one attached hydrogen (secondary N) is 1. The van der Waals surface area contributed by atoms with Crippen LogP contribution in [0.2, 0.25) is 0 Å². The van der Waals surface area contributed by atoms with Gasteiger partial charge in [-0.1, -0.05) is 0 Å². The molecule has 25 heavy (non-hydrogen) atoms. The second-order valence-electron chi connectivity index (χ2n) is 5.72. The van der Waals surface area contributed by atoms with Crippen LogP contribution in [0.4, 0.5) is 11.5 Å². The molecular weight excluding hydrogens is 342 g/mol. The summed E-state index contributed by atoms with van der Waals surface area (Å²) in [5.41, 5.74) is 0.608. The number of pyridine rings is 1. The average molecular weight is 363 g/mol. The molecule has 8 heteroatoms. The topological polar surface area (TPSA) is 88.6 Å². The number of sulfonamides is 1. The van der Waals surface area contributed by atoms with E-state index in [1.165, 1.54) is 36.2 Å². The van der Waals surface area contributed by atoms with Crippen LogP contribution in [-0.4, -0.2) is 32.5 Å². The summed E-state index contributed by atoms with van der Waals surface area (Å²) in [6.07, 6.45) is 1.44. The number of carbonyl (C=O) groups excluding carboxylic acids is 1. The van der Waals surface area contributed by atoms with Crippen molar-refractivity contribution in [2.45, 2.75) is 31.8 Å². The van der Waals surface area contributed by atoms with Gasteiger partial charge in [-0.2, -0.15) is 0 Å². The van der Waals surface area contributed by atoms with E-state index in [9.17, 15) is 13.2 Å². The summed E-state index contributed by atoms with van der Waals surface area (Å²) in [5, 5.41) is 0. The molecular formula is C17H21N3O4S. The Morgan fingerprint density at radius 1 is 1.20 bits per heavy atom. The summed E-state index contributed by atoms with van der Waals surface area (Å²) in [7, 11) is -2.17. The van der Waals surface area contributed by atoms with Gasteiger partial charge < -0.3 is 9.64 Å². The molecule has 1 N–H and O–H groups in total. The molecule has 0 unspecified atom stereocenters. The van der Waals surface area contributed by atoms with Crippen LogP contribution < -0.4 is 14.4 Å². The van der Waals surface area contributed by atoms with E-state index in [4.69, 9.17) is 4.74 Å². The predicted octanol–water partition coefficient (Wildman–Crippen LogP) is 2.65. The van der Waals surface area contributed by atoms with E-state index in [0.717, 1.165) is 0 Å². The average Bonchev–Trinajstić information content (AvgIpc) is 2.53. The molecule has 7 nitrogen and oxygen atoms in total. The number of carbonyl (C=O) groups is 1. The number of hydrogen-bond acceptors (Lipinski definition) is 5. The monoisotopic (exact) mass is 363 g/mol. The number of aromatic nitrogens is 1. The number of nitrogens with zero attached hydrogens (tertiary/aromatic N) is 2. The molecule has 0 fully saturated rings. The van der Waals surface area contributed by atoms with Crippen molar-refractivity contribution in [1.29, 1.82) is 0 Å². The van der Waals surface area contributed by atoms with Gasteiger partial charge in [-0.05, 0) is 44.2 Å². The maximum atomic E-state index is 12.5. The van der Waals surface area contributed by atoms with Crippen molar-refractivity contribution < 1.29 is 17.9 Å². The van der Waals surface area contributed by atoms with Gasteiger partial charge in [-0.25, -0.2) is 13.4 Å². The first-order valence-electron chi connectivity index (χ1n) is 7.69. The number of anilines is 2. The SMILES string of the molecule is CC(=O)N(C)c1ccc(S(=O)(=O)Nc2cc(OC(C)C)ccn2)cc1. The quantitative estimate of drug-likeness (QED) is 0.852. The van der Waals surface area contributed by atoms with Crippen LogP contribution in [0.1, 0.15) is 20.8 Å². The molecule has 1 heterocycles. The van der Waals surface area contributed by atoms with Gasteiger partial charge in [0, 0.05) is 31.9 Å². The maximum Gasteiger partial charge on any atom is 0.263 e. The third-order valence-electron chi connectivity index (χ3n) is 3.35. The number of amides is 1. The minimum absolute atomic E-state index is 0.0299. The van der Waals surface area contributed by atoms with Crippen molar-refractivity contribution >= 4 is 27.4 Å². The van der Waals surface area contributed by atoms with Crippen LogP contribution in [0.15, 0.2) is 47.5 Å². The van der Waals surface area contributed by atoms with Crippen LogP contribution in [0.25, 0.3) is 0 Å². The third kappa shape index (κ3) is 4.93. The van der Waals surface area contributed by atoms with Crippen molar-refractivity contribution in [3.8, 4) is 5.75 Å². The normalized spacial score (nSPS) is 11.2. The molecule has 1 aromatic heterocycles. The van der Waals surface area contributed by atoms with Gasteiger partial charge in [-0.3, -0.25) is 9.52 Å². The minimum atomic E-state index is -3.79. The van der Waals surface area contributed by atoms with Gasteiger partial charge in [0.2, 0.25) is 5.91 Å². The lowest BCUT2D eigenvalue weighted by atomic mass is 10.3. The Morgan fingerprint density at radius 2 is 1.84 bits per heavy atom.